The smallest absolute Gasteiger partial charge is 0.324 e. The molecule has 2 aliphatic carbocycles. The van der Waals surface area contributed by atoms with Crippen molar-refractivity contribution in [2.75, 3.05) is 24.6 Å². The fourth-order valence-electron chi connectivity index (χ4n) is 9.50. The molecule has 6 rings (SSSR count). The van der Waals surface area contributed by atoms with Gasteiger partial charge in [0.1, 0.15) is 11.6 Å². The van der Waals surface area contributed by atoms with E-state index in [2.05, 4.69) is 26.1 Å². The Labute approximate surface area is 301 Å². The summed E-state index contributed by atoms with van der Waals surface area (Å²) in [5.41, 5.74) is 1.40. The van der Waals surface area contributed by atoms with Crippen molar-refractivity contribution in [2.45, 2.75) is 128 Å². The maximum absolute atomic E-state index is 14.7. The lowest BCUT2D eigenvalue weighted by atomic mass is 9.69. The molecule has 2 aromatic carbocycles. The van der Waals surface area contributed by atoms with Crippen molar-refractivity contribution in [3.63, 3.8) is 0 Å². The lowest BCUT2D eigenvalue weighted by Crippen LogP contribution is -2.59. The Morgan fingerprint density at radius 3 is 2.31 bits per heavy atom. The van der Waals surface area contributed by atoms with Crippen LogP contribution >= 0.6 is 0 Å². The molecule has 10 heteroatoms. The molecule has 2 aromatic rings. The fraction of sp³-hybridized carbons (Fsp3) is 0.634. The van der Waals surface area contributed by atoms with Crippen LogP contribution in [0.4, 0.5) is 19.3 Å². The number of halogens is 2. The van der Waals surface area contributed by atoms with E-state index in [1.807, 2.05) is 17.9 Å². The third kappa shape index (κ3) is 7.81. The van der Waals surface area contributed by atoms with Gasteiger partial charge >= 0.3 is 12.0 Å². The largest absolute Gasteiger partial charge is 0.466 e. The molecule has 0 radical (unpaired) electrons. The van der Waals surface area contributed by atoms with Crippen molar-refractivity contribution in [1.82, 2.24) is 10.2 Å². The number of hydrogen-bond acceptors (Lipinski definition) is 5. The molecule has 1 saturated heterocycles. The van der Waals surface area contributed by atoms with Crippen molar-refractivity contribution in [2.24, 2.45) is 17.8 Å². The number of nitrogens with zero attached hydrogens (tertiary/aromatic N) is 2. The highest BCUT2D eigenvalue weighted by molar-refractivity contribution is 5.96. The highest BCUT2D eigenvalue weighted by Crippen LogP contribution is 2.47. The number of piperidine rings is 1. The predicted octanol–water partition coefficient (Wildman–Crippen LogP) is 7.88. The summed E-state index contributed by atoms with van der Waals surface area (Å²) < 4.78 is 40.2. The zero-order valence-corrected chi connectivity index (χ0v) is 30.8. The number of fused-ring (bicyclic) bond motifs is 1. The molecule has 2 saturated carbocycles. The SMILES string of the molecule is CCOC(=O)[C@H]1CC[C@H](NC(=O)[C@@]2(c3ccc(F)cc3)CCN(C(=O)N3CC(C4CCC(OC(C)C)CC4)c4ccc(F)cc43)[C@@H](C)C2)[C@@H](C)C1. The van der Waals surface area contributed by atoms with E-state index in [0.29, 0.717) is 63.4 Å². The molecule has 0 spiro atoms. The third-order valence-electron chi connectivity index (χ3n) is 12.2. The van der Waals surface area contributed by atoms with Gasteiger partial charge in [-0.15, -0.1) is 0 Å². The summed E-state index contributed by atoms with van der Waals surface area (Å²) in [4.78, 5) is 44.9. The first kappa shape index (κ1) is 37.2. The van der Waals surface area contributed by atoms with Crippen LogP contribution in [0.25, 0.3) is 0 Å². The maximum atomic E-state index is 14.7. The Bertz CT molecular complexity index is 1560. The second-order valence-electron chi connectivity index (χ2n) is 15.8. The average molecular weight is 708 g/mol. The summed E-state index contributed by atoms with van der Waals surface area (Å²) >= 11 is 0. The Hall–Kier alpha value is -3.53. The van der Waals surface area contributed by atoms with E-state index in [1.165, 1.54) is 24.3 Å². The minimum atomic E-state index is -0.976. The number of likely N-dealkylation sites (tertiary alicyclic amines) is 1. The molecule has 278 valence electrons. The second-order valence-corrected chi connectivity index (χ2v) is 15.8. The number of amides is 3. The number of rotatable bonds is 8. The van der Waals surface area contributed by atoms with Crippen LogP contribution in [-0.4, -0.2) is 66.8 Å². The van der Waals surface area contributed by atoms with Crippen molar-refractivity contribution in [1.29, 1.82) is 0 Å². The first-order chi connectivity index (χ1) is 24.4. The van der Waals surface area contributed by atoms with Crippen LogP contribution in [0.5, 0.6) is 0 Å². The normalized spacial score (nSPS) is 30.9. The van der Waals surface area contributed by atoms with Gasteiger partial charge < -0.3 is 19.7 Å². The second kappa shape index (κ2) is 15.6. The number of ether oxygens (including phenoxy) is 2. The Morgan fingerprint density at radius 2 is 1.67 bits per heavy atom. The van der Waals surface area contributed by atoms with Crippen molar-refractivity contribution >= 4 is 23.6 Å². The summed E-state index contributed by atoms with van der Waals surface area (Å²) in [5.74, 6) is -0.668. The summed E-state index contributed by atoms with van der Waals surface area (Å²) in [5, 5.41) is 3.33. The zero-order chi connectivity index (χ0) is 36.4. The van der Waals surface area contributed by atoms with E-state index in [9.17, 15) is 23.2 Å². The minimum absolute atomic E-state index is 0.0721. The van der Waals surface area contributed by atoms with Gasteiger partial charge in [0.05, 0.1) is 35.8 Å². The molecular formula is C41H55F2N3O5. The molecule has 0 aromatic heterocycles. The van der Waals surface area contributed by atoms with Gasteiger partial charge in [0, 0.05) is 31.1 Å². The van der Waals surface area contributed by atoms with Gasteiger partial charge in [-0.05, 0) is 133 Å². The van der Waals surface area contributed by atoms with Crippen molar-refractivity contribution < 1.29 is 32.6 Å². The molecule has 3 fully saturated rings. The highest BCUT2D eigenvalue weighted by atomic mass is 19.1. The van der Waals surface area contributed by atoms with Crippen LogP contribution in [-0.2, 0) is 24.5 Å². The monoisotopic (exact) mass is 707 g/mol. The number of esters is 1. The topological polar surface area (TPSA) is 88.2 Å². The third-order valence-corrected chi connectivity index (χ3v) is 12.2. The van der Waals surface area contributed by atoms with Crippen LogP contribution < -0.4 is 10.2 Å². The van der Waals surface area contributed by atoms with E-state index in [4.69, 9.17) is 9.47 Å². The zero-order valence-electron chi connectivity index (χ0n) is 30.8. The van der Waals surface area contributed by atoms with E-state index >= 15 is 0 Å². The molecule has 2 aliphatic heterocycles. The van der Waals surface area contributed by atoms with Crippen LogP contribution in [0.1, 0.15) is 109 Å². The van der Waals surface area contributed by atoms with Crippen LogP contribution in [0.3, 0.4) is 0 Å². The number of carbonyl (C=O) groups excluding carboxylic acids is 3. The molecule has 0 bridgehead atoms. The number of benzene rings is 2. The van der Waals surface area contributed by atoms with E-state index in [-0.39, 0.29) is 71.6 Å². The van der Waals surface area contributed by atoms with E-state index in [1.54, 1.807) is 24.0 Å². The summed E-state index contributed by atoms with van der Waals surface area (Å²) in [6, 6.07) is 10.4. The number of hydrogen-bond donors (Lipinski definition) is 1. The quantitative estimate of drug-likeness (QED) is 0.282. The summed E-state index contributed by atoms with van der Waals surface area (Å²) in [7, 11) is 0. The van der Waals surface area contributed by atoms with Gasteiger partial charge in [0.15, 0.2) is 0 Å². The molecule has 1 N–H and O–H groups in total. The van der Waals surface area contributed by atoms with Crippen molar-refractivity contribution in [3.8, 4) is 0 Å². The van der Waals surface area contributed by atoms with Crippen LogP contribution in [0.15, 0.2) is 42.5 Å². The number of urea groups is 1. The van der Waals surface area contributed by atoms with Gasteiger partial charge in [-0.2, -0.15) is 0 Å². The lowest BCUT2D eigenvalue weighted by molar-refractivity contribution is -0.149. The highest BCUT2D eigenvalue weighted by Gasteiger charge is 2.49. The maximum Gasteiger partial charge on any atom is 0.324 e. The molecule has 1 unspecified atom stereocenters. The Morgan fingerprint density at radius 1 is 0.961 bits per heavy atom. The summed E-state index contributed by atoms with van der Waals surface area (Å²) in [6.45, 7) is 11.1. The molecule has 4 aliphatic rings. The molecule has 8 nitrogen and oxygen atoms in total. The van der Waals surface area contributed by atoms with Crippen LogP contribution in [0.2, 0.25) is 0 Å². The summed E-state index contributed by atoms with van der Waals surface area (Å²) in [6.07, 6.45) is 7.06. The molecule has 3 amide bonds. The van der Waals surface area contributed by atoms with Gasteiger partial charge in [0.25, 0.3) is 0 Å². The van der Waals surface area contributed by atoms with E-state index in [0.717, 1.165) is 36.8 Å². The minimum Gasteiger partial charge on any atom is -0.466 e. The Kier molecular flexibility index (Phi) is 11.4. The standard InChI is InChI=1S/C41H55F2N3O5/c1-6-50-38(47)29-9-18-36(26(4)21-29)44-39(48)41(30-10-12-31(42)13-11-30)19-20-45(27(5)23-41)40(49)46-24-35(34-17-14-32(43)22-37(34)46)28-7-15-33(16-8-28)51-25(2)3/h10-14,17,22,25-29,33,35-36H,6-9,15-16,18-21,23-24H2,1-5H3,(H,44,48)/t26-,27-,28?,29-,33?,35?,36-,41-/m0/s1. The van der Waals surface area contributed by atoms with Gasteiger partial charge in [-0.1, -0.05) is 25.1 Å². The Balaban J connectivity index is 1.18. The molecule has 2 heterocycles. The lowest BCUT2D eigenvalue weighted by Gasteiger charge is -2.47. The van der Waals surface area contributed by atoms with Gasteiger partial charge in [0.2, 0.25) is 5.91 Å². The molecule has 6 atom stereocenters. The fourth-order valence-corrected chi connectivity index (χ4v) is 9.50. The average Bonchev–Trinajstić information content (AvgIpc) is 3.47. The van der Waals surface area contributed by atoms with E-state index < -0.39 is 5.41 Å². The number of anilines is 1. The predicted molar refractivity (Wildman–Crippen MR) is 192 cm³/mol. The first-order valence-corrected chi connectivity index (χ1v) is 19.2. The first-order valence-electron chi connectivity index (χ1n) is 19.2. The van der Waals surface area contributed by atoms with Gasteiger partial charge in [-0.25, -0.2) is 13.6 Å². The van der Waals surface area contributed by atoms with Crippen LogP contribution in [0, 0.1) is 29.4 Å². The molecular weight excluding hydrogens is 652 g/mol. The number of nitrogens with one attached hydrogen (secondary N) is 1. The molecule has 51 heavy (non-hydrogen) atoms. The number of carbonyl (C=O) groups is 3. The van der Waals surface area contributed by atoms with Gasteiger partial charge in [-0.3, -0.25) is 14.5 Å². The van der Waals surface area contributed by atoms with Crippen molar-refractivity contribution in [3.05, 3.63) is 65.2 Å².